The van der Waals surface area contributed by atoms with Gasteiger partial charge in [0.2, 0.25) is 0 Å². The van der Waals surface area contributed by atoms with E-state index in [-0.39, 0.29) is 5.56 Å². The highest BCUT2D eigenvalue weighted by Crippen LogP contribution is 2.27. The van der Waals surface area contributed by atoms with E-state index < -0.39 is 17.9 Å². The third-order valence-corrected chi connectivity index (χ3v) is 3.37. The first-order valence-electron chi connectivity index (χ1n) is 6.53. The van der Waals surface area contributed by atoms with Crippen molar-refractivity contribution < 1.29 is 19.4 Å². The van der Waals surface area contributed by atoms with Crippen molar-refractivity contribution >= 4 is 27.8 Å². The van der Waals surface area contributed by atoms with Gasteiger partial charge in [-0.15, -0.1) is 0 Å². The quantitative estimate of drug-likeness (QED) is 0.852. The van der Waals surface area contributed by atoms with Crippen molar-refractivity contribution in [3.8, 4) is 11.5 Å². The molecule has 0 aliphatic heterocycles. The molecule has 0 bridgehead atoms. The minimum atomic E-state index is -1.10. The summed E-state index contributed by atoms with van der Waals surface area (Å²) in [4.78, 5) is 23.0. The zero-order valence-electron chi connectivity index (χ0n) is 11.7. The van der Waals surface area contributed by atoms with Crippen LogP contribution in [0.25, 0.3) is 0 Å². The first-order valence-corrected chi connectivity index (χ1v) is 7.33. The number of aliphatic carboxylic acids is 1. The fraction of sp³-hybridized carbons (Fsp3) is 0.125. The molecule has 22 heavy (non-hydrogen) atoms. The minimum absolute atomic E-state index is 0.274. The molecule has 0 spiro atoms. The number of rotatable bonds is 5. The lowest BCUT2D eigenvalue weighted by molar-refractivity contribution is -0.138. The van der Waals surface area contributed by atoms with Gasteiger partial charge >= 0.3 is 5.97 Å². The molecule has 0 fully saturated rings. The summed E-state index contributed by atoms with van der Waals surface area (Å²) >= 11 is 3.35. The smallest absolute Gasteiger partial charge is 0.325 e. The van der Waals surface area contributed by atoms with Gasteiger partial charge in [0, 0.05) is 4.47 Å². The summed E-state index contributed by atoms with van der Waals surface area (Å²) in [5.74, 6) is -0.671. The van der Waals surface area contributed by atoms with E-state index in [1.54, 1.807) is 36.4 Å². The Morgan fingerprint density at radius 3 is 2.59 bits per heavy atom. The maximum absolute atomic E-state index is 12.2. The number of ether oxygens (including phenoxy) is 1. The first-order chi connectivity index (χ1) is 10.5. The summed E-state index contributed by atoms with van der Waals surface area (Å²) in [5, 5.41) is 11.3. The van der Waals surface area contributed by atoms with Crippen LogP contribution in [0.5, 0.6) is 11.5 Å². The summed E-state index contributed by atoms with van der Waals surface area (Å²) in [7, 11) is 0. The molecule has 0 unspecified atom stereocenters. The Morgan fingerprint density at radius 1 is 1.18 bits per heavy atom. The van der Waals surface area contributed by atoms with E-state index >= 15 is 0 Å². The summed E-state index contributed by atoms with van der Waals surface area (Å²) in [6.45, 7) is 1.40. The SMILES string of the molecule is C[C@@H](NC(=O)c1ccccc1Oc1cccc(Br)c1)C(=O)O. The van der Waals surface area contributed by atoms with E-state index in [1.807, 2.05) is 12.1 Å². The average molecular weight is 364 g/mol. The molecular weight excluding hydrogens is 350 g/mol. The maximum Gasteiger partial charge on any atom is 0.325 e. The van der Waals surface area contributed by atoms with Crippen molar-refractivity contribution in [1.82, 2.24) is 5.32 Å². The Bertz CT molecular complexity index is 702. The lowest BCUT2D eigenvalue weighted by Crippen LogP contribution is -2.38. The van der Waals surface area contributed by atoms with E-state index in [0.717, 1.165) is 4.47 Å². The Morgan fingerprint density at radius 2 is 1.91 bits per heavy atom. The number of para-hydroxylation sites is 1. The molecule has 0 radical (unpaired) electrons. The molecule has 2 aromatic rings. The van der Waals surface area contributed by atoms with Gasteiger partial charge in [-0.1, -0.05) is 34.1 Å². The van der Waals surface area contributed by atoms with Crippen LogP contribution in [0.2, 0.25) is 0 Å². The molecule has 114 valence electrons. The number of amides is 1. The predicted molar refractivity (Wildman–Crippen MR) is 85.2 cm³/mol. The number of nitrogens with one attached hydrogen (secondary N) is 1. The molecule has 2 rings (SSSR count). The van der Waals surface area contributed by atoms with Crippen LogP contribution >= 0.6 is 15.9 Å². The number of hydrogen-bond donors (Lipinski definition) is 2. The van der Waals surface area contributed by atoms with Crippen molar-refractivity contribution in [2.45, 2.75) is 13.0 Å². The molecule has 0 aliphatic rings. The predicted octanol–water partition coefficient (Wildman–Crippen LogP) is 3.44. The maximum atomic E-state index is 12.2. The molecule has 0 saturated carbocycles. The normalized spacial score (nSPS) is 11.5. The molecule has 6 heteroatoms. The van der Waals surface area contributed by atoms with Gasteiger partial charge in [0.25, 0.3) is 5.91 Å². The molecular formula is C16H14BrNO4. The van der Waals surface area contributed by atoms with Crippen molar-refractivity contribution in [3.63, 3.8) is 0 Å². The van der Waals surface area contributed by atoms with Gasteiger partial charge in [0.15, 0.2) is 0 Å². The van der Waals surface area contributed by atoms with E-state index in [4.69, 9.17) is 9.84 Å². The Kier molecular flexibility index (Phi) is 5.16. The zero-order valence-corrected chi connectivity index (χ0v) is 13.3. The van der Waals surface area contributed by atoms with Crippen molar-refractivity contribution in [1.29, 1.82) is 0 Å². The van der Waals surface area contributed by atoms with Crippen LogP contribution in [-0.2, 0) is 4.79 Å². The molecule has 2 aromatic carbocycles. The molecule has 2 N–H and O–H groups in total. The largest absolute Gasteiger partial charge is 0.480 e. The minimum Gasteiger partial charge on any atom is -0.480 e. The second-order valence-electron chi connectivity index (χ2n) is 4.59. The topological polar surface area (TPSA) is 75.6 Å². The van der Waals surface area contributed by atoms with Crippen LogP contribution < -0.4 is 10.1 Å². The highest BCUT2D eigenvalue weighted by atomic mass is 79.9. The summed E-state index contributed by atoms with van der Waals surface area (Å²) in [6.07, 6.45) is 0. The van der Waals surface area contributed by atoms with Crippen LogP contribution in [0.3, 0.4) is 0 Å². The standard InChI is InChI=1S/C16H14BrNO4/c1-10(16(20)21)18-15(19)13-7-2-3-8-14(13)22-12-6-4-5-11(17)9-12/h2-10H,1H3,(H,18,19)(H,20,21)/t10-/m1/s1. The van der Waals surface area contributed by atoms with Crippen LogP contribution in [0.15, 0.2) is 53.0 Å². The monoisotopic (exact) mass is 363 g/mol. The van der Waals surface area contributed by atoms with Crippen molar-refractivity contribution in [3.05, 3.63) is 58.6 Å². The number of carboxylic acids is 1. The number of carbonyl (C=O) groups excluding carboxylic acids is 1. The van der Waals surface area contributed by atoms with Crippen LogP contribution in [0, 0.1) is 0 Å². The number of carboxylic acid groups (broad SMARTS) is 1. The van der Waals surface area contributed by atoms with Gasteiger partial charge in [-0.3, -0.25) is 9.59 Å². The second-order valence-corrected chi connectivity index (χ2v) is 5.50. The third kappa shape index (κ3) is 4.08. The Labute approximate surface area is 136 Å². The van der Waals surface area contributed by atoms with Gasteiger partial charge in [-0.2, -0.15) is 0 Å². The molecule has 1 atom stereocenters. The first kappa shape index (κ1) is 16.0. The zero-order chi connectivity index (χ0) is 16.1. The Balaban J connectivity index is 2.23. The van der Waals surface area contributed by atoms with Gasteiger partial charge in [-0.25, -0.2) is 0 Å². The van der Waals surface area contributed by atoms with E-state index in [9.17, 15) is 9.59 Å². The lowest BCUT2D eigenvalue weighted by atomic mass is 10.1. The number of hydrogen-bond acceptors (Lipinski definition) is 3. The van der Waals surface area contributed by atoms with Gasteiger partial charge < -0.3 is 15.2 Å². The fourth-order valence-corrected chi connectivity index (χ4v) is 2.12. The lowest BCUT2D eigenvalue weighted by Gasteiger charge is -2.13. The molecule has 0 heterocycles. The molecule has 0 saturated heterocycles. The van der Waals surface area contributed by atoms with Crippen molar-refractivity contribution in [2.75, 3.05) is 0 Å². The van der Waals surface area contributed by atoms with Crippen LogP contribution in [0.4, 0.5) is 0 Å². The summed E-state index contributed by atoms with van der Waals surface area (Å²) < 4.78 is 6.57. The van der Waals surface area contributed by atoms with Crippen LogP contribution in [0.1, 0.15) is 17.3 Å². The molecule has 0 aliphatic carbocycles. The summed E-state index contributed by atoms with van der Waals surface area (Å²) in [5.41, 5.74) is 0.274. The summed E-state index contributed by atoms with van der Waals surface area (Å²) in [6, 6.07) is 12.9. The number of benzene rings is 2. The Hall–Kier alpha value is -2.34. The number of carbonyl (C=O) groups is 2. The van der Waals surface area contributed by atoms with E-state index in [0.29, 0.717) is 11.5 Å². The van der Waals surface area contributed by atoms with Gasteiger partial charge in [0.05, 0.1) is 5.56 Å². The molecule has 1 amide bonds. The fourth-order valence-electron chi connectivity index (χ4n) is 1.74. The highest BCUT2D eigenvalue weighted by Gasteiger charge is 2.18. The molecule has 5 nitrogen and oxygen atoms in total. The van der Waals surface area contributed by atoms with Gasteiger partial charge in [-0.05, 0) is 37.3 Å². The van der Waals surface area contributed by atoms with Gasteiger partial charge in [0.1, 0.15) is 17.5 Å². The second kappa shape index (κ2) is 7.09. The van der Waals surface area contributed by atoms with Crippen LogP contribution in [-0.4, -0.2) is 23.0 Å². The highest BCUT2D eigenvalue weighted by molar-refractivity contribution is 9.10. The van der Waals surface area contributed by atoms with E-state index in [1.165, 1.54) is 6.92 Å². The number of halogens is 1. The third-order valence-electron chi connectivity index (χ3n) is 2.87. The molecule has 0 aromatic heterocycles. The van der Waals surface area contributed by atoms with Crippen molar-refractivity contribution in [2.24, 2.45) is 0 Å². The van der Waals surface area contributed by atoms with E-state index in [2.05, 4.69) is 21.2 Å². The average Bonchev–Trinajstić information content (AvgIpc) is 2.47.